The van der Waals surface area contributed by atoms with Gasteiger partial charge in [-0.3, -0.25) is 4.90 Å². The van der Waals surface area contributed by atoms with Gasteiger partial charge in [0.15, 0.2) is 0 Å². The van der Waals surface area contributed by atoms with E-state index in [-0.39, 0.29) is 16.0 Å². The van der Waals surface area contributed by atoms with Crippen molar-refractivity contribution in [3.63, 3.8) is 0 Å². The van der Waals surface area contributed by atoms with Gasteiger partial charge >= 0.3 is 6.18 Å². The summed E-state index contributed by atoms with van der Waals surface area (Å²) in [4.78, 5) is 9.58. The first-order chi connectivity index (χ1) is 13.0. The zero-order valence-corrected chi connectivity index (χ0v) is 16.3. The zero-order valence-electron chi connectivity index (χ0n) is 15.4. The predicted molar refractivity (Wildman–Crippen MR) is 93.7 cm³/mol. The number of nitrogens with zero attached hydrogens (tertiary/aromatic N) is 5. The van der Waals surface area contributed by atoms with Crippen molar-refractivity contribution in [2.24, 2.45) is 12.5 Å². The van der Waals surface area contributed by atoms with E-state index >= 15 is 0 Å². The predicted octanol–water partition coefficient (Wildman–Crippen LogP) is 1.65. The lowest BCUT2D eigenvalue weighted by Crippen LogP contribution is -2.72. The van der Waals surface area contributed by atoms with Crippen LogP contribution in [-0.4, -0.2) is 58.3 Å². The number of hydrogen-bond donors (Lipinski definition) is 0. The molecule has 0 unspecified atom stereocenters. The van der Waals surface area contributed by atoms with Crippen molar-refractivity contribution in [1.82, 2.24) is 23.7 Å². The van der Waals surface area contributed by atoms with Crippen LogP contribution in [0.25, 0.3) is 0 Å². The van der Waals surface area contributed by atoms with Gasteiger partial charge in [-0.1, -0.05) is 0 Å². The minimum atomic E-state index is -4.60. The Bertz CT molecular complexity index is 1000. The number of likely N-dealkylation sites (tertiary alicyclic amines) is 1. The first-order valence-electron chi connectivity index (χ1n) is 8.73. The minimum Gasteiger partial charge on any atom is -0.337 e. The number of alkyl halides is 3. The van der Waals surface area contributed by atoms with Crippen molar-refractivity contribution in [3.05, 3.63) is 41.7 Å². The summed E-state index contributed by atoms with van der Waals surface area (Å²) in [6.45, 7) is 4.36. The second-order valence-electron chi connectivity index (χ2n) is 7.69. The van der Waals surface area contributed by atoms with Crippen molar-refractivity contribution in [2.45, 2.75) is 24.5 Å². The molecule has 0 aliphatic carbocycles. The van der Waals surface area contributed by atoms with E-state index in [4.69, 9.17) is 0 Å². The number of rotatable bonds is 4. The molecule has 2 saturated heterocycles. The summed E-state index contributed by atoms with van der Waals surface area (Å²) in [5.41, 5.74) is -0.208. The normalized spacial score (nSPS) is 20.2. The van der Waals surface area contributed by atoms with Crippen LogP contribution in [0.3, 0.4) is 0 Å². The number of aromatic nitrogens is 3. The third-order valence-electron chi connectivity index (χ3n) is 5.39. The summed E-state index contributed by atoms with van der Waals surface area (Å²) in [6.07, 6.45) is -1.05. The fraction of sp³-hybridized carbons (Fsp3) is 0.529. The fourth-order valence-corrected chi connectivity index (χ4v) is 5.79. The van der Waals surface area contributed by atoms with Crippen molar-refractivity contribution in [2.75, 3.05) is 26.2 Å². The van der Waals surface area contributed by atoms with Crippen LogP contribution in [0.15, 0.2) is 29.6 Å². The Morgan fingerprint density at radius 1 is 1.18 bits per heavy atom. The molecular weight excluding hydrogens is 395 g/mol. The third-order valence-corrected chi connectivity index (χ3v) is 7.31. The van der Waals surface area contributed by atoms with Gasteiger partial charge in [-0.05, 0) is 19.1 Å². The molecule has 0 saturated carbocycles. The molecule has 2 aliphatic rings. The van der Waals surface area contributed by atoms with Crippen molar-refractivity contribution >= 4 is 10.0 Å². The topological polar surface area (TPSA) is 71.3 Å². The largest absolute Gasteiger partial charge is 0.433 e. The Labute approximate surface area is 160 Å². The molecule has 2 aromatic rings. The molecule has 1 spiro atoms. The Morgan fingerprint density at radius 3 is 2.39 bits per heavy atom. The van der Waals surface area contributed by atoms with Gasteiger partial charge in [-0.15, -0.1) is 0 Å². The summed E-state index contributed by atoms with van der Waals surface area (Å²) in [5.74, 6) is 0. The van der Waals surface area contributed by atoms with E-state index in [1.807, 2.05) is 17.8 Å². The third kappa shape index (κ3) is 3.20. The highest BCUT2D eigenvalue weighted by molar-refractivity contribution is 7.89. The smallest absolute Gasteiger partial charge is 0.337 e. The highest BCUT2D eigenvalue weighted by Gasteiger charge is 2.55. The monoisotopic (exact) mass is 415 g/mol. The standard InChI is InChI=1S/C17H20F3N5O2S/c1-12-14(3-4-15(22-12)17(18,19)20)28(26,27)25-9-16(10-25)7-24(8-16)6-13-5-21-11-23(13)2/h3-5,11H,6-10H2,1-2H3. The average molecular weight is 415 g/mol. The van der Waals surface area contributed by atoms with Crippen molar-refractivity contribution in [3.8, 4) is 0 Å². The highest BCUT2D eigenvalue weighted by Crippen LogP contribution is 2.43. The zero-order chi connectivity index (χ0) is 20.3. The molecule has 4 rings (SSSR count). The van der Waals surface area contributed by atoms with Gasteiger partial charge in [0.05, 0.1) is 17.7 Å². The van der Waals surface area contributed by atoms with E-state index in [0.29, 0.717) is 19.2 Å². The molecule has 0 N–H and O–H groups in total. The molecule has 7 nitrogen and oxygen atoms in total. The fourth-order valence-electron chi connectivity index (χ4n) is 3.97. The number of halogens is 3. The van der Waals surface area contributed by atoms with Crippen LogP contribution >= 0.6 is 0 Å². The molecule has 2 aliphatic heterocycles. The molecule has 152 valence electrons. The molecule has 2 aromatic heterocycles. The molecule has 0 bridgehead atoms. The summed E-state index contributed by atoms with van der Waals surface area (Å²) in [6, 6.07) is 1.72. The Balaban J connectivity index is 1.40. The van der Waals surface area contributed by atoms with Gasteiger partial charge in [0.2, 0.25) is 10.0 Å². The van der Waals surface area contributed by atoms with Gasteiger partial charge in [-0.2, -0.15) is 17.5 Å². The van der Waals surface area contributed by atoms with Gasteiger partial charge < -0.3 is 4.57 Å². The van der Waals surface area contributed by atoms with Crippen LogP contribution in [0.5, 0.6) is 0 Å². The lowest BCUT2D eigenvalue weighted by atomic mass is 9.74. The molecule has 0 atom stereocenters. The number of aryl methyl sites for hydroxylation is 2. The molecule has 2 fully saturated rings. The molecule has 0 radical (unpaired) electrons. The average Bonchev–Trinajstić information content (AvgIpc) is 2.91. The number of hydrogen-bond acceptors (Lipinski definition) is 5. The minimum absolute atomic E-state index is 0.0705. The van der Waals surface area contributed by atoms with E-state index in [2.05, 4.69) is 14.9 Å². The highest BCUT2D eigenvalue weighted by atomic mass is 32.2. The van der Waals surface area contributed by atoms with Gasteiger partial charge in [0.1, 0.15) is 10.6 Å². The molecule has 4 heterocycles. The molecule has 28 heavy (non-hydrogen) atoms. The number of pyridine rings is 1. The van der Waals surface area contributed by atoms with Gasteiger partial charge in [0.25, 0.3) is 0 Å². The Kier molecular flexibility index (Phi) is 4.32. The Morgan fingerprint density at radius 2 is 1.86 bits per heavy atom. The van der Waals surface area contributed by atoms with Crippen LogP contribution < -0.4 is 0 Å². The Hall–Kier alpha value is -1.98. The number of sulfonamides is 1. The quantitative estimate of drug-likeness (QED) is 0.760. The summed E-state index contributed by atoms with van der Waals surface area (Å²) >= 11 is 0. The maximum Gasteiger partial charge on any atom is 0.433 e. The second-order valence-corrected chi connectivity index (χ2v) is 9.60. The summed E-state index contributed by atoms with van der Waals surface area (Å²) < 4.78 is 67.1. The maximum atomic E-state index is 12.8. The maximum absolute atomic E-state index is 12.8. The molecule has 0 amide bonds. The van der Waals surface area contributed by atoms with E-state index in [0.717, 1.165) is 31.4 Å². The molecule has 11 heteroatoms. The first-order valence-corrected chi connectivity index (χ1v) is 10.2. The van der Waals surface area contributed by atoms with Gasteiger partial charge in [0, 0.05) is 51.4 Å². The van der Waals surface area contributed by atoms with Crippen molar-refractivity contribution < 1.29 is 21.6 Å². The van der Waals surface area contributed by atoms with Gasteiger partial charge in [-0.25, -0.2) is 18.4 Å². The number of imidazole rings is 1. The first kappa shape index (κ1) is 19.3. The second kappa shape index (κ2) is 6.26. The van der Waals surface area contributed by atoms with Crippen LogP contribution in [0, 0.1) is 12.3 Å². The van der Waals surface area contributed by atoms with E-state index < -0.39 is 21.9 Å². The lowest BCUT2D eigenvalue weighted by Gasteiger charge is -2.59. The van der Waals surface area contributed by atoms with E-state index in [1.165, 1.54) is 11.2 Å². The molecular formula is C17H20F3N5O2S. The SMILES string of the molecule is Cc1nc(C(F)(F)F)ccc1S(=O)(=O)N1CC2(CN(Cc3cncn3C)C2)C1. The van der Waals surface area contributed by atoms with E-state index in [9.17, 15) is 21.6 Å². The van der Waals surface area contributed by atoms with Crippen LogP contribution in [-0.2, 0) is 29.8 Å². The molecule has 0 aromatic carbocycles. The van der Waals surface area contributed by atoms with Crippen LogP contribution in [0.4, 0.5) is 13.2 Å². The summed E-state index contributed by atoms with van der Waals surface area (Å²) in [7, 11) is -1.92. The van der Waals surface area contributed by atoms with E-state index in [1.54, 1.807) is 6.33 Å². The van der Waals surface area contributed by atoms with Crippen molar-refractivity contribution in [1.29, 1.82) is 0 Å². The van der Waals surface area contributed by atoms with Crippen LogP contribution in [0.2, 0.25) is 0 Å². The summed E-state index contributed by atoms with van der Waals surface area (Å²) in [5, 5.41) is 0. The van der Waals surface area contributed by atoms with Crippen LogP contribution in [0.1, 0.15) is 17.1 Å². The lowest BCUT2D eigenvalue weighted by molar-refractivity contribution is -0.141.